The summed E-state index contributed by atoms with van der Waals surface area (Å²) in [6.07, 6.45) is 5.78. The third-order valence-corrected chi connectivity index (χ3v) is 4.67. The lowest BCUT2D eigenvalue weighted by Gasteiger charge is -2.23. The van der Waals surface area contributed by atoms with Crippen LogP contribution in [0.4, 0.5) is 0 Å². The van der Waals surface area contributed by atoms with Gasteiger partial charge in [0.05, 0.1) is 16.7 Å². The fraction of sp³-hybridized carbons (Fsp3) is 0.462. The van der Waals surface area contributed by atoms with E-state index in [2.05, 4.69) is 31.2 Å². The summed E-state index contributed by atoms with van der Waals surface area (Å²) in [6.45, 7) is 2.65. The Labute approximate surface area is 125 Å². The molecule has 1 amide bonds. The summed E-state index contributed by atoms with van der Waals surface area (Å²) in [6, 6.07) is 0.0973. The van der Waals surface area contributed by atoms with E-state index in [1.165, 1.54) is 0 Å². The second-order valence-corrected chi connectivity index (χ2v) is 5.91. The molecule has 1 fully saturated rings. The van der Waals surface area contributed by atoms with Gasteiger partial charge >= 0.3 is 0 Å². The van der Waals surface area contributed by atoms with E-state index in [1.807, 2.05) is 31.3 Å². The predicted molar refractivity (Wildman–Crippen MR) is 77.2 cm³/mol. The molecule has 0 unspecified atom stereocenters. The minimum atomic E-state index is -0.0346. The van der Waals surface area contributed by atoms with Crippen LogP contribution in [-0.2, 0) is 7.05 Å². The maximum atomic E-state index is 12.7. The lowest BCUT2D eigenvalue weighted by atomic mass is 10.1. The molecule has 6 nitrogen and oxygen atoms in total. The van der Waals surface area contributed by atoms with Crippen molar-refractivity contribution in [3.05, 3.63) is 33.8 Å². The molecule has 2 aromatic heterocycles. The number of nitrogens with zero attached hydrogens (tertiary/aromatic N) is 4. The van der Waals surface area contributed by atoms with Crippen LogP contribution in [0.1, 0.15) is 40.6 Å². The van der Waals surface area contributed by atoms with Crippen molar-refractivity contribution in [3.8, 4) is 0 Å². The quantitative estimate of drug-likeness (QED) is 0.913. The molecule has 0 saturated carbocycles. The van der Waals surface area contributed by atoms with Gasteiger partial charge in [0.2, 0.25) is 0 Å². The number of carbonyl (C=O) groups excluding carboxylic acids is 1. The van der Waals surface area contributed by atoms with Gasteiger partial charge in [0.1, 0.15) is 0 Å². The Morgan fingerprint density at radius 1 is 1.55 bits per heavy atom. The fourth-order valence-electron chi connectivity index (χ4n) is 2.66. The molecule has 0 aliphatic carbocycles. The summed E-state index contributed by atoms with van der Waals surface area (Å²) in [4.78, 5) is 14.5. The average Bonchev–Trinajstić information content (AvgIpc) is 3.11. The number of carbonyl (C=O) groups is 1. The lowest BCUT2D eigenvalue weighted by molar-refractivity contribution is 0.0728. The second kappa shape index (κ2) is 5.05. The van der Waals surface area contributed by atoms with E-state index in [0.717, 1.165) is 35.1 Å². The summed E-state index contributed by atoms with van der Waals surface area (Å²) in [5, 5.41) is 11.1. The summed E-state index contributed by atoms with van der Waals surface area (Å²) in [7, 11) is 1.89. The van der Waals surface area contributed by atoms with Crippen molar-refractivity contribution in [3.63, 3.8) is 0 Å². The molecule has 2 aromatic rings. The highest BCUT2D eigenvalue weighted by Crippen LogP contribution is 2.33. The van der Waals surface area contributed by atoms with Gasteiger partial charge in [-0.25, -0.2) is 0 Å². The monoisotopic (exact) mass is 337 g/mol. The van der Waals surface area contributed by atoms with Crippen molar-refractivity contribution in [1.82, 2.24) is 24.9 Å². The van der Waals surface area contributed by atoms with Gasteiger partial charge in [-0.1, -0.05) is 0 Å². The lowest BCUT2D eigenvalue weighted by Crippen LogP contribution is -2.31. The number of amides is 1. The first-order valence-corrected chi connectivity index (χ1v) is 7.37. The normalized spacial score (nSPS) is 18.8. The Bertz CT molecular complexity index is 647. The highest BCUT2D eigenvalue weighted by molar-refractivity contribution is 9.10. The zero-order valence-corrected chi connectivity index (χ0v) is 13.0. The first kappa shape index (κ1) is 13.4. The van der Waals surface area contributed by atoms with Crippen LogP contribution in [0.25, 0.3) is 0 Å². The summed E-state index contributed by atoms with van der Waals surface area (Å²) < 4.78 is 2.52. The molecule has 1 saturated heterocycles. The number of nitrogens with one attached hydrogen (secondary N) is 1. The number of H-pyrrole nitrogens is 1. The zero-order valence-electron chi connectivity index (χ0n) is 11.4. The van der Waals surface area contributed by atoms with Crippen LogP contribution in [-0.4, -0.2) is 37.3 Å². The smallest absolute Gasteiger partial charge is 0.276 e. The van der Waals surface area contributed by atoms with Crippen molar-refractivity contribution >= 4 is 21.8 Å². The number of hydrogen-bond acceptors (Lipinski definition) is 3. The molecule has 1 N–H and O–H groups in total. The Morgan fingerprint density at radius 2 is 2.35 bits per heavy atom. The van der Waals surface area contributed by atoms with Gasteiger partial charge in [-0.2, -0.15) is 10.2 Å². The minimum absolute atomic E-state index is 0.0346. The van der Waals surface area contributed by atoms with Crippen molar-refractivity contribution in [2.24, 2.45) is 7.05 Å². The van der Waals surface area contributed by atoms with E-state index < -0.39 is 0 Å². The van der Waals surface area contributed by atoms with Crippen molar-refractivity contribution in [2.75, 3.05) is 6.54 Å². The number of aryl methyl sites for hydroxylation is 2. The molecule has 0 radical (unpaired) electrons. The van der Waals surface area contributed by atoms with Crippen LogP contribution < -0.4 is 0 Å². The van der Waals surface area contributed by atoms with Crippen LogP contribution in [0, 0.1) is 6.92 Å². The maximum absolute atomic E-state index is 12.7. The third-order valence-electron chi connectivity index (χ3n) is 3.70. The predicted octanol–water partition coefficient (Wildman–Crippen LogP) is 2.19. The zero-order chi connectivity index (χ0) is 14.3. The van der Waals surface area contributed by atoms with Crippen LogP contribution in [0.3, 0.4) is 0 Å². The van der Waals surface area contributed by atoms with Crippen molar-refractivity contribution < 1.29 is 4.79 Å². The molecular weight excluding hydrogens is 322 g/mol. The molecule has 0 bridgehead atoms. The molecule has 1 aliphatic rings. The molecule has 20 heavy (non-hydrogen) atoms. The van der Waals surface area contributed by atoms with Gasteiger partial charge in [-0.05, 0) is 35.7 Å². The Kier molecular flexibility index (Phi) is 3.37. The first-order valence-electron chi connectivity index (χ1n) is 6.58. The van der Waals surface area contributed by atoms with Gasteiger partial charge in [0.15, 0.2) is 5.69 Å². The Morgan fingerprint density at radius 3 is 2.95 bits per heavy atom. The summed E-state index contributed by atoms with van der Waals surface area (Å²) in [5.74, 6) is -0.0346. The number of likely N-dealkylation sites (tertiary alicyclic amines) is 1. The molecule has 1 aliphatic heterocycles. The molecule has 0 aromatic carbocycles. The van der Waals surface area contributed by atoms with Gasteiger partial charge in [0, 0.05) is 31.0 Å². The topological polar surface area (TPSA) is 66.8 Å². The second-order valence-electron chi connectivity index (χ2n) is 5.12. The molecule has 0 spiro atoms. The van der Waals surface area contributed by atoms with E-state index in [0.29, 0.717) is 5.69 Å². The van der Waals surface area contributed by atoms with Crippen LogP contribution in [0.5, 0.6) is 0 Å². The summed E-state index contributed by atoms with van der Waals surface area (Å²) in [5.41, 5.74) is 2.41. The molecule has 7 heteroatoms. The van der Waals surface area contributed by atoms with E-state index in [9.17, 15) is 4.79 Å². The van der Waals surface area contributed by atoms with Crippen molar-refractivity contribution in [2.45, 2.75) is 25.8 Å². The summed E-state index contributed by atoms with van der Waals surface area (Å²) >= 11 is 3.42. The number of hydrogen-bond donors (Lipinski definition) is 1. The van der Waals surface area contributed by atoms with E-state index in [1.54, 1.807) is 4.68 Å². The van der Waals surface area contributed by atoms with E-state index in [-0.39, 0.29) is 11.9 Å². The maximum Gasteiger partial charge on any atom is 0.276 e. The molecular formula is C13H16BrN5O. The Balaban J connectivity index is 1.89. The van der Waals surface area contributed by atoms with Gasteiger partial charge in [-0.15, -0.1) is 0 Å². The van der Waals surface area contributed by atoms with Crippen molar-refractivity contribution in [1.29, 1.82) is 0 Å². The first-order chi connectivity index (χ1) is 9.58. The van der Waals surface area contributed by atoms with Crippen LogP contribution in [0.2, 0.25) is 0 Å². The minimum Gasteiger partial charge on any atom is -0.330 e. The number of aromatic amines is 1. The van der Waals surface area contributed by atoms with Crippen LogP contribution in [0.15, 0.2) is 16.9 Å². The van der Waals surface area contributed by atoms with Gasteiger partial charge < -0.3 is 4.90 Å². The highest BCUT2D eigenvalue weighted by Gasteiger charge is 2.33. The molecule has 3 rings (SSSR count). The standard InChI is InChI=1S/C13H16BrN5O/c1-8-11(14)12(17-16-8)13(20)19-5-3-4-10(19)9-6-15-18(2)7-9/h6-7,10H,3-5H2,1-2H3,(H,16,17)/t10-/m1/s1. The van der Waals surface area contributed by atoms with Crippen LogP contribution >= 0.6 is 15.9 Å². The third kappa shape index (κ3) is 2.15. The van der Waals surface area contributed by atoms with E-state index in [4.69, 9.17) is 0 Å². The number of rotatable bonds is 2. The number of halogens is 1. The molecule has 106 valence electrons. The fourth-order valence-corrected chi connectivity index (χ4v) is 3.01. The molecule has 3 heterocycles. The highest BCUT2D eigenvalue weighted by atomic mass is 79.9. The largest absolute Gasteiger partial charge is 0.330 e. The molecule has 1 atom stereocenters. The average molecular weight is 338 g/mol. The van der Waals surface area contributed by atoms with Gasteiger partial charge in [0.25, 0.3) is 5.91 Å². The number of aromatic nitrogens is 4. The van der Waals surface area contributed by atoms with Gasteiger partial charge in [-0.3, -0.25) is 14.6 Å². The SMILES string of the molecule is Cc1[nH]nc(C(=O)N2CCC[C@@H]2c2cnn(C)c2)c1Br. The van der Waals surface area contributed by atoms with E-state index >= 15 is 0 Å². The Hall–Kier alpha value is -1.63.